The van der Waals surface area contributed by atoms with Crippen molar-refractivity contribution in [3.05, 3.63) is 16.4 Å². The topological polar surface area (TPSA) is 78.9 Å². The molecule has 92 valence electrons. The van der Waals surface area contributed by atoms with Gasteiger partial charge in [0.2, 0.25) is 0 Å². The third-order valence-corrected chi connectivity index (χ3v) is 2.60. The smallest absolute Gasteiger partial charge is 0.340 e. The van der Waals surface area contributed by atoms with Gasteiger partial charge in [-0.05, 0) is 12.3 Å². The van der Waals surface area contributed by atoms with Crippen molar-refractivity contribution in [2.24, 2.45) is 5.92 Å². The van der Waals surface area contributed by atoms with E-state index in [0.29, 0.717) is 24.6 Å². The normalized spacial score (nSPS) is 10.5. The maximum absolute atomic E-state index is 11.1. The Kier molecular flexibility index (Phi) is 4.53. The fourth-order valence-electron chi connectivity index (χ4n) is 1.53. The van der Waals surface area contributed by atoms with Crippen LogP contribution in [0.25, 0.3) is 0 Å². The Hall–Kier alpha value is -1.54. The van der Waals surface area contributed by atoms with Crippen LogP contribution in [0.2, 0.25) is 5.15 Å². The summed E-state index contributed by atoms with van der Waals surface area (Å²) in [5, 5.41) is 21.9. The van der Waals surface area contributed by atoms with Crippen molar-refractivity contribution in [2.45, 2.75) is 33.2 Å². The van der Waals surface area contributed by atoms with Crippen LogP contribution in [0.3, 0.4) is 0 Å². The monoisotopic (exact) mass is 255 g/mol. The number of carbonyl (C=O) groups is 1. The molecular formula is C11H14ClN3O2. The third kappa shape index (κ3) is 3.21. The summed E-state index contributed by atoms with van der Waals surface area (Å²) in [6.45, 7) is 4.27. The number of halogens is 1. The Labute approximate surface area is 105 Å². The van der Waals surface area contributed by atoms with Gasteiger partial charge in [-0.15, -0.1) is 0 Å². The molecule has 0 radical (unpaired) electrons. The molecule has 0 saturated carbocycles. The molecule has 0 aliphatic rings. The average molecular weight is 256 g/mol. The molecule has 0 amide bonds. The van der Waals surface area contributed by atoms with Crippen LogP contribution in [0, 0.1) is 17.2 Å². The molecule has 0 bridgehead atoms. The highest BCUT2D eigenvalue weighted by atomic mass is 35.5. The first-order valence-corrected chi connectivity index (χ1v) is 5.70. The van der Waals surface area contributed by atoms with Crippen LogP contribution < -0.4 is 0 Å². The van der Waals surface area contributed by atoms with E-state index in [1.165, 1.54) is 4.68 Å². The van der Waals surface area contributed by atoms with Crippen LogP contribution in [-0.2, 0) is 13.0 Å². The number of hydrogen-bond acceptors (Lipinski definition) is 3. The van der Waals surface area contributed by atoms with Gasteiger partial charge in [0.1, 0.15) is 10.7 Å². The lowest BCUT2D eigenvalue weighted by atomic mass is 10.1. The van der Waals surface area contributed by atoms with Crippen LogP contribution in [0.1, 0.15) is 36.3 Å². The Morgan fingerprint density at radius 2 is 2.29 bits per heavy atom. The van der Waals surface area contributed by atoms with Crippen LogP contribution in [-0.4, -0.2) is 20.9 Å². The summed E-state index contributed by atoms with van der Waals surface area (Å²) >= 11 is 5.95. The lowest BCUT2D eigenvalue weighted by Crippen LogP contribution is -2.03. The number of nitrogens with zero attached hydrogens (tertiary/aromatic N) is 3. The van der Waals surface area contributed by atoms with Crippen LogP contribution >= 0.6 is 11.6 Å². The summed E-state index contributed by atoms with van der Waals surface area (Å²) in [5.41, 5.74) is 0.536. The molecule has 0 saturated heterocycles. The second kappa shape index (κ2) is 5.69. The van der Waals surface area contributed by atoms with E-state index in [4.69, 9.17) is 22.0 Å². The highest BCUT2D eigenvalue weighted by Gasteiger charge is 2.22. The molecule has 1 heterocycles. The van der Waals surface area contributed by atoms with Crippen molar-refractivity contribution in [1.82, 2.24) is 9.78 Å². The molecule has 0 spiro atoms. The fraction of sp³-hybridized carbons (Fsp3) is 0.545. The van der Waals surface area contributed by atoms with E-state index in [2.05, 4.69) is 5.10 Å². The summed E-state index contributed by atoms with van der Waals surface area (Å²) in [5.74, 6) is -0.780. The van der Waals surface area contributed by atoms with Gasteiger partial charge in [-0.3, -0.25) is 4.68 Å². The molecule has 0 aliphatic carbocycles. The van der Waals surface area contributed by atoms with Crippen LogP contribution in [0.5, 0.6) is 0 Å². The van der Waals surface area contributed by atoms with Gasteiger partial charge >= 0.3 is 5.97 Å². The molecule has 1 N–H and O–H groups in total. The summed E-state index contributed by atoms with van der Waals surface area (Å²) < 4.78 is 1.38. The van der Waals surface area contributed by atoms with Crippen molar-refractivity contribution in [3.63, 3.8) is 0 Å². The molecule has 1 aromatic heterocycles. The van der Waals surface area contributed by atoms with Crippen LogP contribution in [0.4, 0.5) is 0 Å². The molecule has 0 aliphatic heterocycles. The van der Waals surface area contributed by atoms with Crippen molar-refractivity contribution >= 4 is 17.6 Å². The number of hydrogen-bond donors (Lipinski definition) is 1. The van der Waals surface area contributed by atoms with E-state index >= 15 is 0 Å². The number of rotatable bonds is 5. The predicted molar refractivity (Wildman–Crippen MR) is 63.0 cm³/mol. The number of aromatic nitrogens is 2. The van der Waals surface area contributed by atoms with Gasteiger partial charge in [0.15, 0.2) is 0 Å². The molecule has 17 heavy (non-hydrogen) atoms. The third-order valence-electron chi connectivity index (χ3n) is 2.21. The van der Waals surface area contributed by atoms with E-state index in [0.717, 1.165) is 0 Å². The molecule has 1 aromatic rings. The minimum Gasteiger partial charge on any atom is -0.478 e. The lowest BCUT2D eigenvalue weighted by molar-refractivity contribution is 0.0695. The Morgan fingerprint density at radius 1 is 1.65 bits per heavy atom. The van der Waals surface area contributed by atoms with Gasteiger partial charge < -0.3 is 5.11 Å². The van der Waals surface area contributed by atoms with Gasteiger partial charge in [0.25, 0.3) is 0 Å². The molecule has 0 unspecified atom stereocenters. The highest BCUT2D eigenvalue weighted by Crippen LogP contribution is 2.22. The van der Waals surface area contributed by atoms with Gasteiger partial charge in [-0.1, -0.05) is 25.4 Å². The quantitative estimate of drug-likeness (QED) is 0.876. The zero-order valence-electron chi connectivity index (χ0n) is 9.77. The Balaban J connectivity index is 3.11. The van der Waals surface area contributed by atoms with Crippen LogP contribution in [0.15, 0.2) is 0 Å². The van der Waals surface area contributed by atoms with Gasteiger partial charge in [0, 0.05) is 0 Å². The molecule has 0 fully saturated rings. The Bertz CT molecular complexity index is 460. The first-order chi connectivity index (χ1) is 7.97. The van der Waals surface area contributed by atoms with E-state index in [1.807, 2.05) is 19.9 Å². The fourth-order valence-corrected chi connectivity index (χ4v) is 1.85. The second-order valence-corrected chi connectivity index (χ2v) is 4.50. The molecule has 0 atom stereocenters. The zero-order chi connectivity index (χ0) is 13.0. The van der Waals surface area contributed by atoms with Crippen molar-refractivity contribution in [3.8, 4) is 6.07 Å². The SMILES string of the molecule is CC(C)Cc1nn(CCC#N)c(Cl)c1C(=O)O. The number of aryl methyl sites for hydroxylation is 1. The summed E-state index contributed by atoms with van der Waals surface area (Å²) in [6.07, 6.45) is 0.808. The number of nitriles is 1. The molecule has 0 aromatic carbocycles. The molecular weight excluding hydrogens is 242 g/mol. The summed E-state index contributed by atoms with van der Waals surface area (Å²) in [7, 11) is 0. The second-order valence-electron chi connectivity index (χ2n) is 4.15. The average Bonchev–Trinajstić information content (AvgIpc) is 2.51. The van der Waals surface area contributed by atoms with E-state index in [-0.39, 0.29) is 17.1 Å². The van der Waals surface area contributed by atoms with E-state index in [1.54, 1.807) is 0 Å². The molecule has 1 rings (SSSR count). The first-order valence-electron chi connectivity index (χ1n) is 5.32. The van der Waals surface area contributed by atoms with E-state index in [9.17, 15) is 4.79 Å². The van der Waals surface area contributed by atoms with Crippen molar-refractivity contribution in [1.29, 1.82) is 5.26 Å². The number of carboxylic acids is 1. The summed E-state index contributed by atoms with van der Waals surface area (Å²) in [4.78, 5) is 11.1. The largest absolute Gasteiger partial charge is 0.478 e. The first kappa shape index (κ1) is 13.5. The van der Waals surface area contributed by atoms with E-state index < -0.39 is 5.97 Å². The Morgan fingerprint density at radius 3 is 2.76 bits per heavy atom. The van der Waals surface area contributed by atoms with Gasteiger partial charge in [-0.2, -0.15) is 10.4 Å². The lowest BCUT2D eigenvalue weighted by Gasteiger charge is -2.01. The number of aromatic carboxylic acids is 1. The minimum absolute atomic E-state index is 0.0540. The maximum atomic E-state index is 11.1. The van der Waals surface area contributed by atoms with Crippen molar-refractivity contribution in [2.75, 3.05) is 0 Å². The van der Waals surface area contributed by atoms with Gasteiger partial charge in [0.05, 0.1) is 24.7 Å². The van der Waals surface area contributed by atoms with Gasteiger partial charge in [-0.25, -0.2) is 4.79 Å². The zero-order valence-corrected chi connectivity index (χ0v) is 10.5. The number of carboxylic acid groups (broad SMARTS) is 1. The predicted octanol–water partition coefficient (Wildman–Crippen LogP) is 2.35. The highest BCUT2D eigenvalue weighted by molar-refractivity contribution is 6.32. The standard InChI is InChI=1S/C11H14ClN3O2/c1-7(2)6-8-9(11(16)17)10(12)15(14-8)5-3-4-13/h7H,3,5-6H2,1-2H3,(H,16,17). The van der Waals surface area contributed by atoms with Crippen molar-refractivity contribution < 1.29 is 9.90 Å². The summed E-state index contributed by atoms with van der Waals surface area (Å²) in [6, 6.07) is 1.98. The minimum atomic E-state index is -1.08. The maximum Gasteiger partial charge on any atom is 0.340 e. The molecule has 6 heteroatoms. The molecule has 5 nitrogen and oxygen atoms in total.